The molecule has 0 aliphatic carbocycles. The highest BCUT2D eigenvalue weighted by Crippen LogP contribution is 2.30. The zero-order chi connectivity index (χ0) is 15.0. The van der Waals surface area contributed by atoms with Crippen LogP contribution in [0.3, 0.4) is 0 Å². The molecule has 6 heteroatoms. The van der Waals surface area contributed by atoms with Gasteiger partial charge in [0.05, 0.1) is 5.52 Å². The number of hydrogen-bond acceptors (Lipinski definition) is 6. The van der Waals surface area contributed by atoms with E-state index >= 15 is 0 Å². The van der Waals surface area contributed by atoms with Crippen LogP contribution in [0.25, 0.3) is 10.9 Å². The second-order valence-electron chi connectivity index (χ2n) is 4.86. The second-order valence-corrected chi connectivity index (χ2v) is 5.82. The van der Waals surface area contributed by atoms with Gasteiger partial charge < -0.3 is 5.73 Å². The summed E-state index contributed by atoms with van der Waals surface area (Å²) in [5.41, 5.74) is 10.5. The third-order valence-electron chi connectivity index (χ3n) is 3.42. The normalized spacial score (nSPS) is 11.0. The minimum atomic E-state index is 0.691. The van der Waals surface area contributed by atoms with Gasteiger partial charge in [-0.3, -0.25) is 0 Å². The predicted octanol–water partition coefficient (Wildman–Crippen LogP) is 3.08. The van der Waals surface area contributed by atoms with Crippen LogP contribution in [-0.2, 0) is 0 Å². The Labute approximate surface area is 127 Å². The van der Waals surface area contributed by atoms with Gasteiger partial charge in [-0.15, -0.1) is 0 Å². The number of hydrogen-bond donors (Lipinski definition) is 1. The van der Waals surface area contributed by atoms with Crippen molar-refractivity contribution in [2.75, 3.05) is 5.73 Å². The highest BCUT2D eigenvalue weighted by atomic mass is 32.2. The number of aromatic nitrogens is 4. The predicted molar refractivity (Wildman–Crippen MR) is 84.3 cm³/mol. The monoisotopic (exact) mass is 297 g/mol. The minimum Gasteiger partial charge on any atom is -0.399 e. The summed E-state index contributed by atoms with van der Waals surface area (Å²) in [7, 11) is 0. The molecule has 2 aromatic heterocycles. The van der Waals surface area contributed by atoms with Crippen LogP contribution in [0.4, 0.5) is 5.69 Å². The molecule has 1 aromatic carbocycles. The minimum absolute atomic E-state index is 0.691. The number of benzene rings is 1. The first-order valence-corrected chi connectivity index (χ1v) is 7.36. The zero-order valence-corrected chi connectivity index (χ0v) is 12.9. The summed E-state index contributed by atoms with van der Waals surface area (Å²) in [4.78, 5) is 17.6. The van der Waals surface area contributed by atoms with Crippen LogP contribution in [0.1, 0.15) is 17.0 Å². The van der Waals surface area contributed by atoms with Gasteiger partial charge in [0.15, 0.2) is 5.16 Å². The van der Waals surface area contributed by atoms with Crippen molar-refractivity contribution in [3.63, 3.8) is 0 Å². The van der Waals surface area contributed by atoms with Gasteiger partial charge in [-0.1, -0.05) is 0 Å². The number of rotatable bonds is 2. The number of nitrogens with zero attached hydrogens (tertiary/aromatic N) is 4. The fourth-order valence-corrected chi connectivity index (χ4v) is 2.92. The van der Waals surface area contributed by atoms with Crippen molar-refractivity contribution in [2.45, 2.75) is 31.0 Å². The Morgan fingerprint density at radius 1 is 1.00 bits per heavy atom. The van der Waals surface area contributed by atoms with Crippen molar-refractivity contribution >= 4 is 28.4 Å². The van der Waals surface area contributed by atoms with E-state index in [1.54, 1.807) is 6.33 Å². The van der Waals surface area contributed by atoms with Gasteiger partial charge in [0.25, 0.3) is 0 Å². The molecule has 106 valence electrons. The molecule has 2 heterocycles. The molecule has 0 atom stereocenters. The Hall–Kier alpha value is -2.21. The summed E-state index contributed by atoms with van der Waals surface area (Å²) < 4.78 is 0. The fraction of sp³-hybridized carbons (Fsp3) is 0.200. The molecule has 21 heavy (non-hydrogen) atoms. The molecule has 0 aliphatic heterocycles. The summed E-state index contributed by atoms with van der Waals surface area (Å²) in [6, 6.07) is 5.61. The Bertz CT molecular complexity index is 808. The first-order chi connectivity index (χ1) is 10.0. The highest BCUT2D eigenvalue weighted by molar-refractivity contribution is 7.99. The molecule has 0 unspecified atom stereocenters. The summed E-state index contributed by atoms with van der Waals surface area (Å²) in [5, 5.41) is 2.43. The number of fused-ring (bicyclic) bond motifs is 1. The zero-order valence-electron chi connectivity index (χ0n) is 12.1. The quantitative estimate of drug-likeness (QED) is 0.445. The molecule has 0 spiro atoms. The van der Waals surface area contributed by atoms with E-state index in [-0.39, 0.29) is 0 Å². The topological polar surface area (TPSA) is 77.6 Å². The van der Waals surface area contributed by atoms with Crippen molar-refractivity contribution in [3.8, 4) is 0 Å². The van der Waals surface area contributed by atoms with Crippen LogP contribution in [0.5, 0.6) is 0 Å². The van der Waals surface area contributed by atoms with Gasteiger partial charge >= 0.3 is 0 Å². The highest BCUT2D eigenvalue weighted by Gasteiger charge is 2.10. The molecular formula is C15H15N5S. The number of nitrogens with two attached hydrogens (primary N) is 1. The van der Waals surface area contributed by atoms with Gasteiger partial charge in [0.1, 0.15) is 11.4 Å². The third kappa shape index (κ3) is 2.67. The van der Waals surface area contributed by atoms with Gasteiger partial charge in [-0.25, -0.2) is 19.9 Å². The molecule has 3 aromatic rings. The lowest BCUT2D eigenvalue weighted by atomic mass is 10.2. The molecular weight excluding hydrogens is 282 g/mol. The van der Waals surface area contributed by atoms with Crippen molar-refractivity contribution in [2.24, 2.45) is 0 Å². The number of nitrogen functional groups attached to an aromatic ring is 1. The molecule has 5 nitrogen and oxygen atoms in total. The molecule has 0 amide bonds. The lowest BCUT2D eigenvalue weighted by Crippen LogP contribution is -1.98. The van der Waals surface area contributed by atoms with Crippen LogP contribution in [0, 0.1) is 20.8 Å². The van der Waals surface area contributed by atoms with E-state index in [9.17, 15) is 0 Å². The fourth-order valence-electron chi connectivity index (χ4n) is 2.01. The van der Waals surface area contributed by atoms with Crippen LogP contribution in [0.15, 0.2) is 34.7 Å². The van der Waals surface area contributed by atoms with Gasteiger partial charge in [0, 0.05) is 22.5 Å². The van der Waals surface area contributed by atoms with Gasteiger partial charge in [0.2, 0.25) is 0 Å². The second kappa shape index (κ2) is 5.29. The lowest BCUT2D eigenvalue weighted by molar-refractivity contribution is 0.878. The Morgan fingerprint density at radius 2 is 1.71 bits per heavy atom. The van der Waals surface area contributed by atoms with Crippen molar-refractivity contribution in [1.82, 2.24) is 19.9 Å². The molecule has 0 radical (unpaired) electrons. The average molecular weight is 297 g/mol. The molecule has 0 aliphatic rings. The van der Waals surface area contributed by atoms with E-state index in [2.05, 4.69) is 19.9 Å². The van der Waals surface area contributed by atoms with E-state index in [4.69, 9.17) is 5.73 Å². The lowest BCUT2D eigenvalue weighted by Gasteiger charge is -2.08. The number of aryl methyl sites for hydroxylation is 2. The Balaban J connectivity index is 2.08. The maximum absolute atomic E-state index is 5.86. The van der Waals surface area contributed by atoms with E-state index in [1.165, 1.54) is 11.8 Å². The summed E-state index contributed by atoms with van der Waals surface area (Å²) in [6.07, 6.45) is 1.55. The largest absolute Gasteiger partial charge is 0.399 e. The molecule has 0 bridgehead atoms. The summed E-state index contributed by atoms with van der Waals surface area (Å²) in [6.45, 7) is 6.01. The van der Waals surface area contributed by atoms with E-state index < -0.39 is 0 Å². The first-order valence-electron chi connectivity index (χ1n) is 6.54. The average Bonchev–Trinajstić information content (AvgIpc) is 2.45. The molecule has 2 N–H and O–H groups in total. The van der Waals surface area contributed by atoms with E-state index in [1.807, 2.05) is 39.0 Å². The van der Waals surface area contributed by atoms with E-state index in [0.29, 0.717) is 10.8 Å². The van der Waals surface area contributed by atoms with Crippen molar-refractivity contribution < 1.29 is 0 Å². The molecule has 0 fully saturated rings. The van der Waals surface area contributed by atoms with Gasteiger partial charge in [-0.2, -0.15) is 0 Å². The first kappa shape index (κ1) is 13.8. The Kier molecular flexibility index (Phi) is 3.47. The van der Waals surface area contributed by atoms with Crippen LogP contribution >= 0.6 is 11.8 Å². The molecule has 0 saturated heterocycles. The van der Waals surface area contributed by atoms with Crippen LogP contribution in [0.2, 0.25) is 0 Å². The number of anilines is 1. The smallest absolute Gasteiger partial charge is 0.194 e. The maximum Gasteiger partial charge on any atom is 0.194 e. The summed E-state index contributed by atoms with van der Waals surface area (Å²) >= 11 is 1.43. The molecule has 0 saturated carbocycles. The van der Waals surface area contributed by atoms with Crippen molar-refractivity contribution in [3.05, 3.63) is 41.5 Å². The van der Waals surface area contributed by atoms with Crippen LogP contribution in [-0.4, -0.2) is 19.9 Å². The third-order valence-corrected chi connectivity index (χ3v) is 4.31. The SMILES string of the molecule is Cc1nc(Sc2ncnc3ccc(N)cc23)nc(C)c1C. The van der Waals surface area contributed by atoms with Gasteiger partial charge in [-0.05, 0) is 56.3 Å². The maximum atomic E-state index is 5.86. The Morgan fingerprint density at radius 3 is 2.43 bits per heavy atom. The van der Waals surface area contributed by atoms with E-state index in [0.717, 1.165) is 32.9 Å². The summed E-state index contributed by atoms with van der Waals surface area (Å²) in [5.74, 6) is 0. The molecule has 3 rings (SSSR count). The van der Waals surface area contributed by atoms with Crippen LogP contribution < -0.4 is 5.73 Å². The standard InChI is InChI=1S/C15H15N5S/c1-8-9(2)19-15(20-10(8)3)21-14-12-6-11(16)4-5-13(12)17-7-18-14/h4-7H,16H2,1-3H3. The van der Waals surface area contributed by atoms with Crippen molar-refractivity contribution in [1.29, 1.82) is 0 Å².